The molecular formula is C9H12N4. The SMILES string of the molecule is CC(N)c1cc2cnn(C)c2cn1. The van der Waals surface area contributed by atoms with Crippen LogP contribution in [0.5, 0.6) is 0 Å². The molecule has 0 fully saturated rings. The Hall–Kier alpha value is -1.42. The van der Waals surface area contributed by atoms with Crippen molar-refractivity contribution in [2.24, 2.45) is 12.8 Å². The smallest absolute Gasteiger partial charge is 0.0862 e. The first-order chi connectivity index (χ1) is 6.18. The zero-order chi connectivity index (χ0) is 9.42. The van der Waals surface area contributed by atoms with Crippen molar-refractivity contribution in [3.8, 4) is 0 Å². The first-order valence-electron chi connectivity index (χ1n) is 4.21. The van der Waals surface area contributed by atoms with E-state index in [9.17, 15) is 0 Å². The van der Waals surface area contributed by atoms with Gasteiger partial charge in [-0.2, -0.15) is 5.10 Å². The van der Waals surface area contributed by atoms with Gasteiger partial charge in [-0.3, -0.25) is 9.67 Å². The van der Waals surface area contributed by atoms with Crippen molar-refractivity contribution in [1.29, 1.82) is 0 Å². The third kappa shape index (κ3) is 1.29. The Morgan fingerprint density at radius 1 is 1.46 bits per heavy atom. The standard InChI is InChI=1S/C9H12N4/c1-6(10)8-3-7-4-12-13(2)9(7)5-11-8/h3-6H,10H2,1-2H3. The molecule has 4 heteroatoms. The summed E-state index contributed by atoms with van der Waals surface area (Å²) in [6, 6.07) is 1.96. The Morgan fingerprint density at radius 2 is 2.23 bits per heavy atom. The van der Waals surface area contributed by atoms with E-state index in [0.29, 0.717) is 0 Å². The summed E-state index contributed by atoms with van der Waals surface area (Å²) in [6.45, 7) is 1.92. The molecule has 2 heterocycles. The Kier molecular flexibility index (Phi) is 1.77. The first-order valence-corrected chi connectivity index (χ1v) is 4.21. The summed E-state index contributed by atoms with van der Waals surface area (Å²) in [6.07, 6.45) is 3.63. The summed E-state index contributed by atoms with van der Waals surface area (Å²) in [5, 5.41) is 5.22. The second kappa shape index (κ2) is 2.81. The first kappa shape index (κ1) is 8.19. The number of hydrogen-bond acceptors (Lipinski definition) is 3. The molecular weight excluding hydrogens is 164 g/mol. The third-order valence-electron chi connectivity index (χ3n) is 2.12. The maximum absolute atomic E-state index is 5.72. The predicted molar refractivity (Wildman–Crippen MR) is 51.1 cm³/mol. The number of aryl methyl sites for hydroxylation is 1. The average Bonchev–Trinajstić information content (AvgIpc) is 2.47. The molecule has 4 nitrogen and oxygen atoms in total. The van der Waals surface area contributed by atoms with Crippen molar-refractivity contribution < 1.29 is 0 Å². The van der Waals surface area contributed by atoms with Gasteiger partial charge in [0.15, 0.2) is 0 Å². The minimum atomic E-state index is -0.0235. The molecule has 0 bridgehead atoms. The van der Waals surface area contributed by atoms with Gasteiger partial charge in [0.05, 0.1) is 23.6 Å². The molecule has 2 aromatic rings. The minimum Gasteiger partial charge on any atom is -0.323 e. The van der Waals surface area contributed by atoms with Gasteiger partial charge < -0.3 is 5.73 Å². The number of nitrogens with two attached hydrogens (primary N) is 1. The average molecular weight is 176 g/mol. The summed E-state index contributed by atoms with van der Waals surface area (Å²) in [4.78, 5) is 4.25. The topological polar surface area (TPSA) is 56.7 Å². The van der Waals surface area contributed by atoms with E-state index in [1.807, 2.05) is 26.2 Å². The van der Waals surface area contributed by atoms with E-state index in [1.165, 1.54) is 0 Å². The summed E-state index contributed by atoms with van der Waals surface area (Å²) in [5.74, 6) is 0. The van der Waals surface area contributed by atoms with Crippen LogP contribution in [0.2, 0.25) is 0 Å². The molecule has 1 atom stereocenters. The molecule has 0 aliphatic heterocycles. The van der Waals surface area contributed by atoms with Crippen molar-refractivity contribution in [1.82, 2.24) is 14.8 Å². The van der Waals surface area contributed by atoms with Crippen LogP contribution in [0.3, 0.4) is 0 Å². The van der Waals surface area contributed by atoms with E-state index < -0.39 is 0 Å². The number of pyridine rings is 1. The van der Waals surface area contributed by atoms with Crippen LogP contribution in [-0.4, -0.2) is 14.8 Å². The fourth-order valence-corrected chi connectivity index (χ4v) is 1.31. The van der Waals surface area contributed by atoms with Crippen molar-refractivity contribution in [2.45, 2.75) is 13.0 Å². The highest BCUT2D eigenvalue weighted by molar-refractivity contribution is 5.77. The number of nitrogens with zero attached hydrogens (tertiary/aromatic N) is 3. The lowest BCUT2D eigenvalue weighted by Crippen LogP contribution is -2.06. The molecule has 2 N–H and O–H groups in total. The van der Waals surface area contributed by atoms with Gasteiger partial charge in [0, 0.05) is 18.5 Å². The van der Waals surface area contributed by atoms with Gasteiger partial charge >= 0.3 is 0 Å². The van der Waals surface area contributed by atoms with E-state index in [2.05, 4.69) is 10.1 Å². The maximum Gasteiger partial charge on any atom is 0.0862 e. The van der Waals surface area contributed by atoms with Gasteiger partial charge in [-0.1, -0.05) is 0 Å². The van der Waals surface area contributed by atoms with Crippen molar-refractivity contribution >= 4 is 10.9 Å². The van der Waals surface area contributed by atoms with Gasteiger partial charge in [0.2, 0.25) is 0 Å². The maximum atomic E-state index is 5.72. The van der Waals surface area contributed by atoms with Crippen LogP contribution < -0.4 is 5.73 Å². The van der Waals surface area contributed by atoms with Crippen LogP contribution in [-0.2, 0) is 7.05 Å². The fraction of sp³-hybridized carbons (Fsp3) is 0.333. The second-order valence-corrected chi connectivity index (χ2v) is 3.22. The van der Waals surface area contributed by atoms with Gasteiger partial charge in [-0.15, -0.1) is 0 Å². The lowest BCUT2D eigenvalue weighted by Gasteiger charge is -2.03. The molecule has 0 aliphatic carbocycles. The van der Waals surface area contributed by atoms with Crippen molar-refractivity contribution in [3.05, 3.63) is 24.2 Å². The Labute approximate surface area is 76.4 Å². The summed E-state index contributed by atoms with van der Waals surface area (Å²) < 4.78 is 1.80. The quantitative estimate of drug-likeness (QED) is 0.704. The summed E-state index contributed by atoms with van der Waals surface area (Å²) in [5.41, 5.74) is 7.66. The molecule has 0 amide bonds. The molecule has 13 heavy (non-hydrogen) atoms. The van der Waals surface area contributed by atoms with Crippen molar-refractivity contribution in [3.63, 3.8) is 0 Å². The fourth-order valence-electron chi connectivity index (χ4n) is 1.31. The normalized spacial score (nSPS) is 13.5. The van der Waals surface area contributed by atoms with Crippen LogP contribution in [0.1, 0.15) is 18.7 Å². The van der Waals surface area contributed by atoms with Gasteiger partial charge in [-0.05, 0) is 13.0 Å². The third-order valence-corrected chi connectivity index (χ3v) is 2.12. The Morgan fingerprint density at radius 3 is 2.92 bits per heavy atom. The Bertz CT molecular complexity index is 430. The van der Waals surface area contributed by atoms with E-state index in [4.69, 9.17) is 5.73 Å². The van der Waals surface area contributed by atoms with E-state index in [0.717, 1.165) is 16.6 Å². The molecule has 2 rings (SSSR count). The van der Waals surface area contributed by atoms with Crippen molar-refractivity contribution in [2.75, 3.05) is 0 Å². The zero-order valence-corrected chi connectivity index (χ0v) is 7.73. The number of aromatic nitrogens is 3. The molecule has 2 aromatic heterocycles. The minimum absolute atomic E-state index is 0.0235. The highest BCUT2D eigenvalue weighted by Gasteiger charge is 2.04. The molecule has 0 radical (unpaired) electrons. The van der Waals surface area contributed by atoms with E-state index in [-0.39, 0.29) is 6.04 Å². The second-order valence-electron chi connectivity index (χ2n) is 3.22. The lowest BCUT2D eigenvalue weighted by atomic mass is 10.2. The van der Waals surface area contributed by atoms with Crippen LogP contribution >= 0.6 is 0 Å². The number of fused-ring (bicyclic) bond motifs is 1. The van der Waals surface area contributed by atoms with Gasteiger partial charge in [0.1, 0.15) is 0 Å². The molecule has 0 aromatic carbocycles. The van der Waals surface area contributed by atoms with Gasteiger partial charge in [-0.25, -0.2) is 0 Å². The molecule has 0 aliphatic rings. The number of rotatable bonds is 1. The van der Waals surface area contributed by atoms with Gasteiger partial charge in [0.25, 0.3) is 0 Å². The van der Waals surface area contributed by atoms with E-state index >= 15 is 0 Å². The lowest BCUT2D eigenvalue weighted by molar-refractivity contribution is 0.776. The molecule has 68 valence electrons. The summed E-state index contributed by atoms with van der Waals surface area (Å²) in [7, 11) is 1.90. The van der Waals surface area contributed by atoms with Crippen LogP contribution in [0.25, 0.3) is 10.9 Å². The Balaban J connectivity index is 2.63. The molecule has 0 saturated carbocycles. The van der Waals surface area contributed by atoms with Crippen LogP contribution in [0.15, 0.2) is 18.5 Å². The summed E-state index contributed by atoms with van der Waals surface area (Å²) >= 11 is 0. The van der Waals surface area contributed by atoms with Crippen LogP contribution in [0, 0.1) is 0 Å². The highest BCUT2D eigenvalue weighted by Crippen LogP contribution is 2.15. The molecule has 0 saturated heterocycles. The largest absolute Gasteiger partial charge is 0.323 e. The number of hydrogen-bond donors (Lipinski definition) is 1. The zero-order valence-electron chi connectivity index (χ0n) is 7.73. The predicted octanol–water partition coefficient (Wildman–Crippen LogP) is 0.988. The monoisotopic (exact) mass is 176 g/mol. The molecule has 1 unspecified atom stereocenters. The molecule has 0 spiro atoms. The highest BCUT2D eigenvalue weighted by atomic mass is 15.2. The van der Waals surface area contributed by atoms with E-state index in [1.54, 1.807) is 10.9 Å². The van der Waals surface area contributed by atoms with Crippen LogP contribution in [0.4, 0.5) is 0 Å².